The van der Waals surface area contributed by atoms with Crippen molar-refractivity contribution in [3.05, 3.63) is 0 Å². The predicted octanol–water partition coefficient (Wildman–Crippen LogP) is 2.89. The van der Waals surface area contributed by atoms with Crippen LogP contribution < -0.4 is 0 Å². The van der Waals surface area contributed by atoms with Gasteiger partial charge in [0.15, 0.2) is 0 Å². The Labute approximate surface area is 93.0 Å². The lowest BCUT2D eigenvalue weighted by Gasteiger charge is -2.56. The van der Waals surface area contributed by atoms with Crippen LogP contribution in [0.5, 0.6) is 0 Å². The second kappa shape index (κ2) is 3.21. The zero-order valence-corrected chi connectivity index (χ0v) is 10.5. The second-order valence-electron chi connectivity index (χ2n) is 6.31. The SMILES string of the molecule is C[C@H]1CC[C@@]2(O1)C(C)(C)CCC[C@@]2(C)O. The molecule has 2 fully saturated rings. The molecule has 88 valence electrons. The van der Waals surface area contributed by atoms with Crippen LogP contribution in [0.4, 0.5) is 0 Å². The number of hydrogen-bond donors (Lipinski definition) is 1. The summed E-state index contributed by atoms with van der Waals surface area (Å²) in [6, 6.07) is 0. The summed E-state index contributed by atoms with van der Waals surface area (Å²) in [5.41, 5.74) is -0.864. The van der Waals surface area contributed by atoms with Gasteiger partial charge in [-0.2, -0.15) is 0 Å². The van der Waals surface area contributed by atoms with Crippen LogP contribution in [0.2, 0.25) is 0 Å². The van der Waals surface area contributed by atoms with Crippen molar-refractivity contribution in [3.63, 3.8) is 0 Å². The second-order valence-corrected chi connectivity index (χ2v) is 6.31. The largest absolute Gasteiger partial charge is 0.387 e. The molecule has 0 aromatic carbocycles. The standard InChI is InChI=1S/C13H24O2/c1-10-6-9-13(15-10)11(2,3)7-5-8-12(13,4)14/h10,14H,5-9H2,1-4H3/t10-,12+,13+/m0/s1. The molecule has 1 aliphatic carbocycles. The molecule has 2 rings (SSSR count). The minimum atomic E-state index is -0.653. The molecule has 1 saturated heterocycles. The monoisotopic (exact) mass is 212 g/mol. The van der Waals surface area contributed by atoms with Crippen molar-refractivity contribution in [1.82, 2.24) is 0 Å². The van der Waals surface area contributed by atoms with Crippen molar-refractivity contribution >= 4 is 0 Å². The molecular weight excluding hydrogens is 188 g/mol. The molecule has 1 saturated carbocycles. The number of aliphatic hydroxyl groups is 1. The van der Waals surface area contributed by atoms with E-state index in [1.165, 1.54) is 0 Å². The minimum absolute atomic E-state index is 0.0967. The van der Waals surface area contributed by atoms with Gasteiger partial charge in [0.05, 0.1) is 11.7 Å². The number of hydrogen-bond acceptors (Lipinski definition) is 2. The fourth-order valence-corrected chi connectivity index (χ4v) is 3.77. The summed E-state index contributed by atoms with van der Waals surface area (Å²) >= 11 is 0. The maximum absolute atomic E-state index is 10.7. The van der Waals surface area contributed by atoms with Crippen LogP contribution in [-0.4, -0.2) is 22.4 Å². The van der Waals surface area contributed by atoms with Crippen molar-refractivity contribution in [2.45, 2.75) is 77.1 Å². The van der Waals surface area contributed by atoms with Crippen LogP contribution in [0, 0.1) is 5.41 Å². The normalized spacial score (nSPS) is 49.8. The lowest BCUT2D eigenvalue weighted by Crippen LogP contribution is -2.63. The van der Waals surface area contributed by atoms with Crippen molar-refractivity contribution in [3.8, 4) is 0 Å². The van der Waals surface area contributed by atoms with Gasteiger partial charge in [0.25, 0.3) is 0 Å². The van der Waals surface area contributed by atoms with Crippen LogP contribution in [0.25, 0.3) is 0 Å². The maximum Gasteiger partial charge on any atom is 0.102 e. The molecule has 2 nitrogen and oxygen atoms in total. The van der Waals surface area contributed by atoms with Crippen molar-refractivity contribution < 1.29 is 9.84 Å². The Kier molecular flexibility index (Phi) is 2.44. The van der Waals surface area contributed by atoms with E-state index in [9.17, 15) is 5.11 Å². The van der Waals surface area contributed by atoms with Crippen molar-refractivity contribution in [2.75, 3.05) is 0 Å². The van der Waals surface area contributed by atoms with E-state index in [1.807, 2.05) is 6.92 Å². The predicted molar refractivity (Wildman–Crippen MR) is 60.8 cm³/mol. The molecule has 2 aliphatic rings. The van der Waals surface area contributed by atoms with E-state index >= 15 is 0 Å². The van der Waals surface area contributed by atoms with Gasteiger partial charge in [-0.05, 0) is 51.4 Å². The summed E-state index contributed by atoms with van der Waals surface area (Å²) in [7, 11) is 0. The van der Waals surface area contributed by atoms with E-state index in [0.717, 1.165) is 32.1 Å². The molecule has 1 N–H and O–H groups in total. The van der Waals surface area contributed by atoms with E-state index in [4.69, 9.17) is 4.74 Å². The van der Waals surface area contributed by atoms with Gasteiger partial charge in [-0.15, -0.1) is 0 Å². The van der Waals surface area contributed by atoms with Gasteiger partial charge in [-0.1, -0.05) is 13.8 Å². The first-order valence-corrected chi connectivity index (χ1v) is 6.21. The topological polar surface area (TPSA) is 29.5 Å². The quantitative estimate of drug-likeness (QED) is 0.669. The van der Waals surface area contributed by atoms with Gasteiger partial charge in [0, 0.05) is 0 Å². The Morgan fingerprint density at radius 2 is 1.80 bits per heavy atom. The molecule has 15 heavy (non-hydrogen) atoms. The van der Waals surface area contributed by atoms with Gasteiger partial charge in [0.2, 0.25) is 0 Å². The van der Waals surface area contributed by atoms with Crippen LogP contribution in [0.3, 0.4) is 0 Å². The molecule has 0 aromatic heterocycles. The Morgan fingerprint density at radius 1 is 1.13 bits per heavy atom. The lowest BCUT2D eigenvalue weighted by molar-refractivity contribution is -0.239. The molecule has 2 heteroatoms. The van der Waals surface area contributed by atoms with Crippen LogP contribution in [0.15, 0.2) is 0 Å². The van der Waals surface area contributed by atoms with Gasteiger partial charge < -0.3 is 9.84 Å². The van der Waals surface area contributed by atoms with Crippen LogP contribution >= 0.6 is 0 Å². The van der Waals surface area contributed by atoms with E-state index in [0.29, 0.717) is 6.10 Å². The highest BCUT2D eigenvalue weighted by Crippen LogP contribution is 2.57. The molecule has 1 spiro atoms. The number of rotatable bonds is 0. The third-order valence-electron chi connectivity index (χ3n) is 4.73. The van der Waals surface area contributed by atoms with Gasteiger partial charge in [0.1, 0.15) is 5.60 Å². The molecule has 1 heterocycles. The first-order valence-electron chi connectivity index (χ1n) is 6.21. The summed E-state index contributed by atoms with van der Waals surface area (Å²) < 4.78 is 6.17. The fourth-order valence-electron chi connectivity index (χ4n) is 3.77. The highest BCUT2D eigenvalue weighted by atomic mass is 16.5. The molecule has 3 atom stereocenters. The molecular formula is C13H24O2. The molecule has 0 aromatic rings. The van der Waals surface area contributed by atoms with Gasteiger partial charge in [-0.3, -0.25) is 0 Å². The highest BCUT2D eigenvalue weighted by Gasteiger charge is 2.61. The van der Waals surface area contributed by atoms with Gasteiger partial charge in [-0.25, -0.2) is 0 Å². The highest BCUT2D eigenvalue weighted by molar-refractivity contribution is 5.12. The van der Waals surface area contributed by atoms with E-state index in [2.05, 4.69) is 20.8 Å². The van der Waals surface area contributed by atoms with E-state index in [1.54, 1.807) is 0 Å². The summed E-state index contributed by atoms with van der Waals surface area (Å²) in [5, 5.41) is 10.7. The first-order chi connectivity index (χ1) is 6.81. The third-order valence-corrected chi connectivity index (χ3v) is 4.73. The molecule has 0 unspecified atom stereocenters. The van der Waals surface area contributed by atoms with Gasteiger partial charge >= 0.3 is 0 Å². The summed E-state index contributed by atoms with van der Waals surface area (Å²) in [6.07, 6.45) is 5.54. The average molecular weight is 212 g/mol. The smallest absolute Gasteiger partial charge is 0.102 e. The Bertz CT molecular complexity index is 239. The fraction of sp³-hybridized carbons (Fsp3) is 1.00. The summed E-state index contributed by atoms with van der Waals surface area (Å²) in [6.45, 7) is 8.58. The molecule has 0 amide bonds. The Balaban J connectivity index is 2.38. The Hall–Kier alpha value is -0.0800. The van der Waals surface area contributed by atoms with E-state index < -0.39 is 5.60 Å². The van der Waals surface area contributed by atoms with Crippen molar-refractivity contribution in [2.24, 2.45) is 5.41 Å². The molecule has 1 aliphatic heterocycles. The summed E-state index contributed by atoms with van der Waals surface area (Å²) in [4.78, 5) is 0. The minimum Gasteiger partial charge on any atom is -0.387 e. The molecule has 0 bridgehead atoms. The van der Waals surface area contributed by atoms with E-state index in [-0.39, 0.29) is 11.0 Å². The zero-order valence-electron chi connectivity index (χ0n) is 10.5. The first kappa shape index (κ1) is 11.4. The zero-order chi connectivity index (χ0) is 11.3. The van der Waals surface area contributed by atoms with Crippen molar-refractivity contribution in [1.29, 1.82) is 0 Å². The van der Waals surface area contributed by atoms with Crippen LogP contribution in [0.1, 0.15) is 59.8 Å². The third kappa shape index (κ3) is 1.45. The number of ether oxygens (including phenoxy) is 1. The Morgan fingerprint density at radius 3 is 2.27 bits per heavy atom. The van der Waals surface area contributed by atoms with Crippen LogP contribution in [-0.2, 0) is 4.74 Å². The maximum atomic E-state index is 10.7. The average Bonchev–Trinajstić information content (AvgIpc) is 2.46. The summed E-state index contributed by atoms with van der Waals surface area (Å²) in [5.74, 6) is 0. The molecule has 0 radical (unpaired) electrons. The lowest BCUT2D eigenvalue weighted by atomic mass is 9.57.